The van der Waals surface area contributed by atoms with E-state index in [1.165, 1.54) is 4.68 Å². The van der Waals surface area contributed by atoms with Crippen LogP contribution < -0.4 is 15.4 Å². The second-order valence-electron chi connectivity index (χ2n) is 6.88. The Labute approximate surface area is 184 Å². The molecule has 9 heteroatoms. The Hall–Kier alpha value is -4.53. The Morgan fingerprint density at radius 2 is 1.69 bits per heavy atom. The third-order valence-corrected chi connectivity index (χ3v) is 4.53. The zero-order valence-corrected chi connectivity index (χ0v) is 17.2. The molecule has 0 saturated carbocycles. The number of rotatable bonds is 7. The maximum Gasteiger partial charge on any atom is 0.251 e. The number of amides is 2. The third kappa shape index (κ3) is 5.14. The van der Waals surface area contributed by atoms with Gasteiger partial charge in [-0.05, 0) is 59.0 Å². The van der Waals surface area contributed by atoms with Gasteiger partial charge >= 0.3 is 0 Å². The number of tetrazole rings is 1. The van der Waals surface area contributed by atoms with Crippen LogP contribution in [-0.4, -0.2) is 38.6 Å². The number of hydrogen-bond donors (Lipinski definition) is 2. The number of anilines is 1. The minimum atomic E-state index is -0.356. The largest absolute Gasteiger partial charge is 0.457 e. The number of nitrogens with one attached hydrogen (secondary N) is 2. The van der Waals surface area contributed by atoms with Crippen molar-refractivity contribution in [2.24, 2.45) is 7.05 Å². The highest BCUT2D eigenvalue weighted by molar-refractivity contribution is 5.99. The van der Waals surface area contributed by atoms with Crippen molar-refractivity contribution in [3.8, 4) is 22.9 Å². The van der Waals surface area contributed by atoms with Crippen LogP contribution in [0.15, 0.2) is 78.9 Å². The van der Waals surface area contributed by atoms with E-state index >= 15 is 0 Å². The molecule has 0 unspecified atom stereocenters. The summed E-state index contributed by atoms with van der Waals surface area (Å²) in [6.07, 6.45) is 0. The summed E-state index contributed by atoms with van der Waals surface area (Å²) in [4.78, 5) is 24.6. The average Bonchev–Trinajstić information content (AvgIpc) is 3.25. The monoisotopic (exact) mass is 428 g/mol. The normalized spacial score (nSPS) is 10.4. The number of aryl methyl sites for hydroxylation is 1. The number of ether oxygens (including phenoxy) is 1. The Morgan fingerprint density at radius 1 is 0.938 bits per heavy atom. The van der Waals surface area contributed by atoms with Crippen molar-refractivity contribution in [1.82, 2.24) is 25.5 Å². The van der Waals surface area contributed by atoms with Gasteiger partial charge in [-0.1, -0.05) is 30.3 Å². The lowest BCUT2D eigenvalue weighted by molar-refractivity contribution is -0.115. The van der Waals surface area contributed by atoms with Gasteiger partial charge in [0, 0.05) is 23.9 Å². The van der Waals surface area contributed by atoms with Crippen LogP contribution in [0.25, 0.3) is 11.4 Å². The number of carbonyl (C=O) groups excluding carboxylic acids is 2. The number of carbonyl (C=O) groups is 2. The number of hydrogen-bond acceptors (Lipinski definition) is 6. The Morgan fingerprint density at radius 3 is 2.41 bits per heavy atom. The molecule has 32 heavy (non-hydrogen) atoms. The number of nitrogens with zero attached hydrogens (tertiary/aromatic N) is 4. The first kappa shape index (κ1) is 20.7. The number of benzene rings is 3. The maximum absolute atomic E-state index is 12.4. The van der Waals surface area contributed by atoms with Gasteiger partial charge in [0.25, 0.3) is 5.91 Å². The summed E-state index contributed by atoms with van der Waals surface area (Å²) in [6, 6.07) is 23.2. The van der Waals surface area contributed by atoms with Crippen molar-refractivity contribution in [2.75, 3.05) is 11.9 Å². The molecule has 1 heterocycles. The predicted octanol–water partition coefficient (Wildman–Crippen LogP) is 3.04. The van der Waals surface area contributed by atoms with Gasteiger partial charge < -0.3 is 15.4 Å². The van der Waals surface area contributed by atoms with Crippen LogP contribution in [0.2, 0.25) is 0 Å². The molecule has 0 aliphatic carbocycles. The number of aromatic nitrogens is 4. The lowest BCUT2D eigenvalue weighted by Gasteiger charge is -2.09. The van der Waals surface area contributed by atoms with Gasteiger partial charge in [0.05, 0.1) is 6.54 Å². The molecule has 3 aromatic carbocycles. The molecule has 0 atom stereocenters. The van der Waals surface area contributed by atoms with Gasteiger partial charge in [-0.25, -0.2) is 4.68 Å². The summed E-state index contributed by atoms with van der Waals surface area (Å²) in [5, 5.41) is 16.7. The SMILES string of the molecule is Cn1nnnc1-c1cccc(NC(=O)CNC(=O)c2ccc(Oc3ccccc3)cc2)c1. The van der Waals surface area contributed by atoms with Crippen LogP contribution in [0, 0.1) is 0 Å². The van der Waals surface area contributed by atoms with E-state index in [0.29, 0.717) is 28.6 Å². The van der Waals surface area contributed by atoms with E-state index < -0.39 is 0 Å². The van der Waals surface area contributed by atoms with Gasteiger partial charge in [-0.15, -0.1) is 5.10 Å². The first-order chi connectivity index (χ1) is 15.6. The van der Waals surface area contributed by atoms with E-state index in [1.807, 2.05) is 36.4 Å². The Bertz CT molecular complexity index is 1220. The van der Waals surface area contributed by atoms with Crippen molar-refractivity contribution in [1.29, 1.82) is 0 Å². The molecule has 0 spiro atoms. The molecule has 0 fully saturated rings. The van der Waals surface area contributed by atoms with E-state index in [2.05, 4.69) is 26.2 Å². The zero-order chi connectivity index (χ0) is 22.3. The first-order valence-corrected chi connectivity index (χ1v) is 9.82. The van der Waals surface area contributed by atoms with Gasteiger partial charge in [-0.3, -0.25) is 9.59 Å². The van der Waals surface area contributed by atoms with Crippen molar-refractivity contribution >= 4 is 17.5 Å². The van der Waals surface area contributed by atoms with Crippen molar-refractivity contribution < 1.29 is 14.3 Å². The topological polar surface area (TPSA) is 111 Å². The second kappa shape index (κ2) is 9.52. The number of para-hydroxylation sites is 1. The van der Waals surface area contributed by atoms with E-state index in [4.69, 9.17) is 4.74 Å². The zero-order valence-electron chi connectivity index (χ0n) is 17.2. The van der Waals surface area contributed by atoms with Crippen molar-refractivity contribution in [3.63, 3.8) is 0 Å². The van der Waals surface area contributed by atoms with Crippen molar-refractivity contribution in [3.05, 3.63) is 84.4 Å². The minimum Gasteiger partial charge on any atom is -0.457 e. The maximum atomic E-state index is 12.4. The van der Waals surface area contributed by atoms with Gasteiger partial charge in [-0.2, -0.15) is 0 Å². The Balaban J connectivity index is 1.30. The quantitative estimate of drug-likeness (QED) is 0.468. The summed E-state index contributed by atoms with van der Waals surface area (Å²) in [6.45, 7) is -0.170. The molecule has 160 valence electrons. The van der Waals surface area contributed by atoms with Crippen LogP contribution in [0.5, 0.6) is 11.5 Å². The van der Waals surface area contributed by atoms with Crippen LogP contribution >= 0.6 is 0 Å². The molecule has 0 aliphatic rings. The second-order valence-corrected chi connectivity index (χ2v) is 6.88. The van der Waals surface area contributed by atoms with Gasteiger partial charge in [0.2, 0.25) is 5.91 Å². The van der Waals surface area contributed by atoms with Gasteiger partial charge in [0.1, 0.15) is 11.5 Å². The highest BCUT2D eigenvalue weighted by Gasteiger charge is 2.11. The molecule has 4 aromatic rings. The van der Waals surface area contributed by atoms with E-state index in [-0.39, 0.29) is 18.4 Å². The summed E-state index contributed by atoms with van der Waals surface area (Å²) in [5.74, 6) is 1.19. The van der Waals surface area contributed by atoms with E-state index in [0.717, 1.165) is 5.56 Å². The van der Waals surface area contributed by atoms with E-state index in [9.17, 15) is 9.59 Å². The summed E-state index contributed by atoms with van der Waals surface area (Å²) < 4.78 is 7.25. The highest BCUT2D eigenvalue weighted by atomic mass is 16.5. The molecule has 4 rings (SSSR count). The molecule has 1 aromatic heterocycles. The van der Waals surface area contributed by atoms with Crippen LogP contribution in [-0.2, 0) is 11.8 Å². The summed E-state index contributed by atoms with van der Waals surface area (Å²) in [5.41, 5.74) is 1.76. The molecular formula is C23H20N6O3. The summed E-state index contributed by atoms with van der Waals surface area (Å²) in [7, 11) is 1.73. The smallest absolute Gasteiger partial charge is 0.251 e. The highest BCUT2D eigenvalue weighted by Crippen LogP contribution is 2.21. The average molecular weight is 428 g/mol. The fourth-order valence-electron chi connectivity index (χ4n) is 2.98. The van der Waals surface area contributed by atoms with Crippen molar-refractivity contribution in [2.45, 2.75) is 0 Å². The standard InChI is InChI=1S/C23H20N6O3/c1-29-22(26-27-28-29)17-6-5-7-18(14-17)25-21(30)15-24-23(31)16-10-12-20(13-11-16)32-19-8-3-2-4-9-19/h2-14H,15H2,1H3,(H,24,31)(H,25,30). The first-order valence-electron chi connectivity index (χ1n) is 9.82. The van der Waals surface area contributed by atoms with Crippen LogP contribution in [0.3, 0.4) is 0 Å². The fraction of sp³-hybridized carbons (Fsp3) is 0.0870. The molecule has 2 N–H and O–H groups in total. The molecular weight excluding hydrogens is 408 g/mol. The molecule has 2 amide bonds. The van der Waals surface area contributed by atoms with Crippen LogP contribution in [0.4, 0.5) is 5.69 Å². The third-order valence-electron chi connectivity index (χ3n) is 4.53. The fourth-order valence-corrected chi connectivity index (χ4v) is 2.98. The summed E-state index contributed by atoms with van der Waals surface area (Å²) >= 11 is 0. The minimum absolute atomic E-state index is 0.170. The van der Waals surface area contributed by atoms with E-state index in [1.54, 1.807) is 49.5 Å². The van der Waals surface area contributed by atoms with Gasteiger partial charge in [0.15, 0.2) is 5.82 Å². The predicted molar refractivity (Wildman–Crippen MR) is 118 cm³/mol. The van der Waals surface area contributed by atoms with Crippen LogP contribution in [0.1, 0.15) is 10.4 Å². The lowest BCUT2D eigenvalue weighted by atomic mass is 10.2. The molecule has 0 radical (unpaired) electrons. The molecule has 0 aliphatic heterocycles. The molecule has 0 saturated heterocycles. The lowest BCUT2D eigenvalue weighted by Crippen LogP contribution is -2.32. The Kier molecular flexibility index (Phi) is 6.17. The molecule has 0 bridgehead atoms. The molecule has 9 nitrogen and oxygen atoms in total.